The Morgan fingerprint density at radius 1 is 1.05 bits per heavy atom. The van der Waals surface area contributed by atoms with Gasteiger partial charge in [0.05, 0.1) is 18.1 Å². The monoisotopic (exact) mass is 295 g/mol. The van der Waals surface area contributed by atoms with Crippen LogP contribution in [0.2, 0.25) is 0 Å². The second-order valence-corrected chi connectivity index (χ2v) is 6.42. The molecule has 0 saturated carbocycles. The number of benzene rings is 2. The first-order valence-electron chi connectivity index (χ1n) is 7.37. The molecule has 4 nitrogen and oxygen atoms in total. The molecular weight excluding hydrogens is 274 g/mol. The molecule has 2 aromatic carbocycles. The van der Waals surface area contributed by atoms with Gasteiger partial charge in [-0.15, -0.1) is 0 Å². The Labute approximate surface area is 130 Å². The summed E-state index contributed by atoms with van der Waals surface area (Å²) in [5, 5.41) is 3.30. The largest absolute Gasteiger partial charge is 0.497 e. The van der Waals surface area contributed by atoms with E-state index in [0.717, 1.165) is 28.4 Å². The molecule has 0 unspecified atom stereocenters. The van der Waals surface area contributed by atoms with E-state index < -0.39 is 0 Å². The van der Waals surface area contributed by atoms with Crippen LogP contribution in [-0.4, -0.2) is 17.1 Å². The SMILES string of the molecule is COc1ccc2nc(Nc3ccc(C(C)(C)C)cc3)[nH]c2c1. The van der Waals surface area contributed by atoms with Crippen molar-refractivity contribution < 1.29 is 4.74 Å². The van der Waals surface area contributed by atoms with E-state index in [2.05, 4.69) is 60.3 Å². The molecule has 0 atom stereocenters. The lowest BCUT2D eigenvalue weighted by Gasteiger charge is -2.19. The van der Waals surface area contributed by atoms with Crippen LogP contribution in [0.3, 0.4) is 0 Å². The minimum absolute atomic E-state index is 0.161. The highest BCUT2D eigenvalue weighted by Crippen LogP contribution is 2.25. The quantitative estimate of drug-likeness (QED) is 0.741. The van der Waals surface area contributed by atoms with Crippen LogP contribution in [0, 0.1) is 0 Å². The van der Waals surface area contributed by atoms with Crippen molar-refractivity contribution in [3.63, 3.8) is 0 Å². The first kappa shape index (κ1) is 14.4. The normalized spacial score (nSPS) is 11.6. The number of H-pyrrole nitrogens is 1. The number of hydrogen-bond acceptors (Lipinski definition) is 3. The van der Waals surface area contributed by atoms with E-state index in [9.17, 15) is 0 Å². The van der Waals surface area contributed by atoms with Gasteiger partial charge >= 0.3 is 0 Å². The van der Waals surface area contributed by atoms with Crippen molar-refractivity contribution in [2.75, 3.05) is 12.4 Å². The molecule has 2 N–H and O–H groups in total. The lowest BCUT2D eigenvalue weighted by Crippen LogP contribution is -2.10. The molecule has 0 aliphatic carbocycles. The van der Waals surface area contributed by atoms with Gasteiger partial charge in [0, 0.05) is 11.8 Å². The highest BCUT2D eigenvalue weighted by molar-refractivity contribution is 5.79. The molecule has 3 aromatic rings. The number of nitrogens with zero attached hydrogens (tertiary/aromatic N) is 1. The number of aromatic nitrogens is 2. The predicted molar refractivity (Wildman–Crippen MR) is 91.1 cm³/mol. The summed E-state index contributed by atoms with van der Waals surface area (Å²) in [7, 11) is 1.66. The first-order chi connectivity index (χ1) is 10.5. The summed E-state index contributed by atoms with van der Waals surface area (Å²) in [6, 6.07) is 14.2. The molecule has 0 fully saturated rings. The van der Waals surface area contributed by atoms with E-state index in [1.54, 1.807) is 7.11 Å². The Morgan fingerprint density at radius 2 is 1.77 bits per heavy atom. The molecule has 0 aliphatic heterocycles. The summed E-state index contributed by atoms with van der Waals surface area (Å²) in [5.41, 5.74) is 4.35. The second kappa shape index (κ2) is 5.37. The Balaban J connectivity index is 1.83. The third-order valence-electron chi connectivity index (χ3n) is 3.70. The molecule has 0 bridgehead atoms. The maximum absolute atomic E-state index is 5.23. The average molecular weight is 295 g/mol. The Kier molecular flexibility index (Phi) is 3.53. The molecule has 0 amide bonds. The molecule has 22 heavy (non-hydrogen) atoms. The Hall–Kier alpha value is -2.49. The van der Waals surface area contributed by atoms with Gasteiger partial charge in [-0.05, 0) is 35.2 Å². The summed E-state index contributed by atoms with van der Waals surface area (Å²) in [6.45, 7) is 6.63. The van der Waals surface area contributed by atoms with Crippen LogP contribution < -0.4 is 10.1 Å². The van der Waals surface area contributed by atoms with Crippen LogP contribution in [0.25, 0.3) is 11.0 Å². The van der Waals surface area contributed by atoms with Gasteiger partial charge in [-0.2, -0.15) is 0 Å². The third kappa shape index (κ3) is 2.91. The lowest BCUT2D eigenvalue weighted by molar-refractivity contribution is 0.415. The van der Waals surface area contributed by atoms with E-state index in [-0.39, 0.29) is 5.41 Å². The fourth-order valence-corrected chi connectivity index (χ4v) is 2.37. The van der Waals surface area contributed by atoms with Gasteiger partial charge in [0.2, 0.25) is 5.95 Å². The van der Waals surface area contributed by atoms with Gasteiger partial charge in [0.15, 0.2) is 0 Å². The summed E-state index contributed by atoms with van der Waals surface area (Å²) in [5.74, 6) is 1.55. The van der Waals surface area contributed by atoms with Gasteiger partial charge in [-0.25, -0.2) is 4.98 Å². The lowest BCUT2D eigenvalue weighted by atomic mass is 9.87. The zero-order valence-electron chi connectivity index (χ0n) is 13.4. The van der Waals surface area contributed by atoms with Gasteiger partial charge in [-0.1, -0.05) is 32.9 Å². The molecule has 114 valence electrons. The summed E-state index contributed by atoms with van der Waals surface area (Å²) < 4.78 is 5.23. The molecule has 1 heterocycles. The van der Waals surface area contributed by atoms with E-state index in [0.29, 0.717) is 0 Å². The van der Waals surface area contributed by atoms with Crippen molar-refractivity contribution in [1.29, 1.82) is 0 Å². The molecule has 4 heteroatoms. The van der Waals surface area contributed by atoms with Crippen molar-refractivity contribution in [2.45, 2.75) is 26.2 Å². The number of nitrogens with one attached hydrogen (secondary N) is 2. The van der Waals surface area contributed by atoms with Crippen LogP contribution in [-0.2, 0) is 5.41 Å². The zero-order valence-corrected chi connectivity index (χ0v) is 13.4. The van der Waals surface area contributed by atoms with Gasteiger partial charge in [0.25, 0.3) is 0 Å². The van der Waals surface area contributed by atoms with Crippen molar-refractivity contribution in [1.82, 2.24) is 9.97 Å². The van der Waals surface area contributed by atoms with Gasteiger partial charge < -0.3 is 15.0 Å². The van der Waals surface area contributed by atoms with E-state index >= 15 is 0 Å². The van der Waals surface area contributed by atoms with Crippen molar-refractivity contribution >= 4 is 22.7 Å². The molecular formula is C18H21N3O. The minimum atomic E-state index is 0.161. The molecule has 0 radical (unpaired) electrons. The van der Waals surface area contributed by atoms with E-state index in [4.69, 9.17) is 4.74 Å². The number of aromatic amines is 1. The standard InChI is InChI=1S/C18H21N3O/c1-18(2,3)12-5-7-13(8-6-12)19-17-20-15-10-9-14(22-4)11-16(15)21-17/h5-11H,1-4H3,(H2,19,20,21). The third-order valence-corrected chi connectivity index (χ3v) is 3.70. The fraction of sp³-hybridized carbons (Fsp3) is 0.278. The smallest absolute Gasteiger partial charge is 0.205 e. The summed E-state index contributed by atoms with van der Waals surface area (Å²) in [4.78, 5) is 7.79. The number of anilines is 2. The zero-order chi connectivity index (χ0) is 15.7. The fourth-order valence-electron chi connectivity index (χ4n) is 2.37. The van der Waals surface area contributed by atoms with Crippen LogP contribution in [0.4, 0.5) is 11.6 Å². The van der Waals surface area contributed by atoms with Gasteiger partial charge in [-0.3, -0.25) is 0 Å². The number of fused-ring (bicyclic) bond motifs is 1. The minimum Gasteiger partial charge on any atom is -0.497 e. The Morgan fingerprint density at radius 3 is 2.41 bits per heavy atom. The topological polar surface area (TPSA) is 49.9 Å². The maximum Gasteiger partial charge on any atom is 0.205 e. The highest BCUT2D eigenvalue weighted by Gasteiger charge is 2.13. The molecule has 0 spiro atoms. The molecule has 3 rings (SSSR count). The number of rotatable bonds is 3. The molecule has 1 aromatic heterocycles. The maximum atomic E-state index is 5.23. The highest BCUT2D eigenvalue weighted by atomic mass is 16.5. The van der Waals surface area contributed by atoms with Crippen LogP contribution in [0.15, 0.2) is 42.5 Å². The molecule has 0 saturated heterocycles. The second-order valence-electron chi connectivity index (χ2n) is 6.42. The van der Waals surface area contributed by atoms with Crippen molar-refractivity contribution in [3.8, 4) is 5.75 Å². The van der Waals surface area contributed by atoms with E-state index in [1.165, 1.54) is 5.56 Å². The van der Waals surface area contributed by atoms with Crippen LogP contribution in [0.5, 0.6) is 5.75 Å². The van der Waals surface area contributed by atoms with Gasteiger partial charge in [0.1, 0.15) is 5.75 Å². The number of ether oxygens (including phenoxy) is 1. The van der Waals surface area contributed by atoms with Crippen molar-refractivity contribution in [3.05, 3.63) is 48.0 Å². The van der Waals surface area contributed by atoms with Crippen LogP contribution >= 0.6 is 0 Å². The van der Waals surface area contributed by atoms with Crippen LogP contribution in [0.1, 0.15) is 26.3 Å². The predicted octanol–water partition coefficient (Wildman–Crippen LogP) is 4.61. The number of hydrogen-bond donors (Lipinski definition) is 2. The van der Waals surface area contributed by atoms with E-state index in [1.807, 2.05) is 18.2 Å². The number of methoxy groups -OCH3 is 1. The van der Waals surface area contributed by atoms with Crippen molar-refractivity contribution in [2.24, 2.45) is 0 Å². The average Bonchev–Trinajstić information content (AvgIpc) is 2.88. The Bertz CT molecular complexity index is 782. The molecule has 0 aliphatic rings. The first-order valence-corrected chi connectivity index (χ1v) is 7.37. The summed E-state index contributed by atoms with van der Waals surface area (Å²) in [6.07, 6.45) is 0. The summed E-state index contributed by atoms with van der Waals surface area (Å²) >= 11 is 0. The number of imidazole rings is 1.